The molecule has 0 fully saturated rings. The number of aliphatic hydroxyl groups excluding tert-OH is 2. The summed E-state index contributed by atoms with van der Waals surface area (Å²) < 4.78 is 0. The average Bonchev–Trinajstić information content (AvgIpc) is 2.40. The number of amides is 1. The van der Waals surface area contributed by atoms with E-state index in [2.05, 4.69) is 5.32 Å². The van der Waals surface area contributed by atoms with E-state index in [-0.39, 0.29) is 19.1 Å². The third-order valence-corrected chi connectivity index (χ3v) is 2.95. The number of benzene rings is 1. The van der Waals surface area contributed by atoms with Crippen molar-refractivity contribution >= 4 is 5.91 Å². The maximum atomic E-state index is 11.8. The summed E-state index contributed by atoms with van der Waals surface area (Å²) in [6.07, 6.45) is 1.64. The summed E-state index contributed by atoms with van der Waals surface area (Å²) in [7, 11) is 0. The second kappa shape index (κ2) is 7.13. The Kier molecular flexibility index (Phi) is 5.82. The summed E-state index contributed by atoms with van der Waals surface area (Å²) in [5, 5.41) is 21.0. The molecule has 3 N–H and O–H groups in total. The Balaban J connectivity index is 2.63. The lowest BCUT2D eigenvalue weighted by molar-refractivity contribution is -0.123. The molecule has 1 rings (SSSR count). The summed E-state index contributed by atoms with van der Waals surface area (Å²) in [4.78, 5) is 11.8. The van der Waals surface area contributed by atoms with E-state index in [0.717, 1.165) is 5.56 Å². The molecule has 1 unspecified atom stereocenters. The highest BCUT2D eigenvalue weighted by Crippen LogP contribution is 2.20. The number of carbonyl (C=O) groups is 1. The van der Waals surface area contributed by atoms with Crippen molar-refractivity contribution in [2.45, 2.75) is 31.7 Å². The van der Waals surface area contributed by atoms with Gasteiger partial charge in [-0.2, -0.15) is 0 Å². The van der Waals surface area contributed by atoms with Gasteiger partial charge >= 0.3 is 0 Å². The summed E-state index contributed by atoms with van der Waals surface area (Å²) in [5.74, 6) is -0.108. The van der Waals surface area contributed by atoms with Gasteiger partial charge in [0, 0.05) is 13.0 Å². The molecule has 1 amide bonds. The Morgan fingerprint density at radius 1 is 1.22 bits per heavy atom. The molecule has 0 spiro atoms. The largest absolute Gasteiger partial charge is 0.396 e. The molecule has 1 atom stereocenters. The van der Waals surface area contributed by atoms with Gasteiger partial charge in [0.05, 0.1) is 12.1 Å². The van der Waals surface area contributed by atoms with Crippen LogP contribution < -0.4 is 5.32 Å². The summed E-state index contributed by atoms with van der Waals surface area (Å²) >= 11 is 0. The number of rotatable bonds is 7. The van der Waals surface area contributed by atoms with Crippen molar-refractivity contribution in [1.82, 2.24) is 5.32 Å². The maximum Gasteiger partial charge on any atom is 0.220 e. The van der Waals surface area contributed by atoms with E-state index in [1.165, 1.54) is 0 Å². The van der Waals surface area contributed by atoms with Crippen LogP contribution in [-0.4, -0.2) is 29.3 Å². The van der Waals surface area contributed by atoms with Gasteiger partial charge in [-0.05, 0) is 25.3 Å². The van der Waals surface area contributed by atoms with E-state index in [0.29, 0.717) is 19.3 Å². The Morgan fingerprint density at radius 2 is 1.89 bits per heavy atom. The van der Waals surface area contributed by atoms with E-state index in [9.17, 15) is 9.90 Å². The SMILES string of the molecule is CC(CO)(NC(=O)CCCCO)c1ccccc1. The van der Waals surface area contributed by atoms with Crippen molar-refractivity contribution in [3.05, 3.63) is 35.9 Å². The zero-order valence-electron chi connectivity index (χ0n) is 10.7. The normalized spacial score (nSPS) is 13.9. The molecule has 0 aliphatic heterocycles. The fourth-order valence-electron chi connectivity index (χ4n) is 1.78. The highest BCUT2D eigenvalue weighted by atomic mass is 16.3. The lowest BCUT2D eigenvalue weighted by Crippen LogP contribution is -2.46. The fraction of sp³-hybridized carbons (Fsp3) is 0.500. The minimum atomic E-state index is -0.752. The summed E-state index contributed by atoms with van der Waals surface area (Å²) in [5.41, 5.74) is 0.125. The molecule has 1 aromatic carbocycles. The topological polar surface area (TPSA) is 69.6 Å². The molecule has 4 nitrogen and oxygen atoms in total. The minimum Gasteiger partial charge on any atom is -0.396 e. The van der Waals surface area contributed by atoms with Gasteiger partial charge in [-0.3, -0.25) is 4.79 Å². The van der Waals surface area contributed by atoms with E-state index < -0.39 is 5.54 Å². The second-order valence-corrected chi connectivity index (χ2v) is 4.59. The van der Waals surface area contributed by atoms with Gasteiger partial charge in [-0.15, -0.1) is 0 Å². The number of aliphatic hydroxyl groups is 2. The van der Waals surface area contributed by atoms with Crippen molar-refractivity contribution in [2.75, 3.05) is 13.2 Å². The molecule has 4 heteroatoms. The molecule has 0 aliphatic carbocycles. The van der Waals surface area contributed by atoms with Crippen LogP contribution in [0.5, 0.6) is 0 Å². The van der Waals surface area contributed by atoms with Gasteiger partial charge < -0.3 is 15.5 Å². The molecule has 18 heavy (non-hydrogen) atoms. The quantitative estimate of drug-likeness (QED) is 0.637. The molecule has 100 valence electrons. The zero-order valence-corrected chi connectivity index (χ0v) is 10.7. The van der Waals surface area contributed by atoms with Crippen LogP contribution in [0.2, 0.25) is 0 Å². The molecule has 0 bridgehead atoms. The Bertz CT molecular complexity index is 367. The monoisotopic (exact) mass is 251 g/mol. The van der Waals surface area contributed by atoms with Crippen LogP contribution in [0.1, 0.15) is 31.7 Å². The molecule has 0 saturated carbocycles. The molecule has 0 aromatic heterocycles. The summed E-state index contributed by atoms with van der Waals surface area (Å²) in [6, 6.07) is 9.40. The lowest BCUT2D eigenvalue weighted by atomic mass is 9.92. The van der Waals surface area contributed by atoms with Crippen LogP contribution in [0, 0.1) is 0 Å². The predicted octanol–water partition coefficient (Wildman–Crippen LogP) is 1.17. The van der Waals surface area contributed by atoms with Crippen LogP contribution in [-0.2, 0) is 10.3 Å². The first kappa shape index (κ1) is 14.7. The molecule has 0 saturated heterocycles. The second-order valence-electron chi connectivity index (χ2n) is 4.59. The van der Waals surface area contributed by atoms with E-state index in [1.54, 1.807) is 6.92 Å². The molecule has 0 heterocycles. The first-order chi connectivity index (χ1) is 8.62. The van der Waals surface area contributed by atoms with Gasteiger partial charge in [0.1, 0.15) is 0 Å². The number of nitrogens with one attached hydrogen (secondary N) is 1. The van der Waals surface area contributed by atoms with Gasteiger partial charge in [0.2, 0.25) is 5.91 Å². The van der Waals surface area contributed by atoms with Crippen molar-refractivity contribution in [2.24, 2.45) is 0 Å². The van der Waals surface area contributed by atoms with Gasteiger partial charge in [-0.1, -0.05) is 30.3 Å². The standard InChI is InChI=1S/C14H21NO3/c1-14(11-17,12-7-3-2-4-8-12)15-13(18)9-5-6-10-16/h2-4,7-8,16-17H,5-6,9-11H2,1H3,(H,15,18). The van der Waals surface area contributed by atoms with Crippen LogP contribution in [0.3, 0.4) is 0 Å². The number of hydrogen-bond acceptors (Lipinski definition) is 3. The van der Waals surface area contributed by atoms with Crippen molar-refractivity contribution in [3.63, 3.8) is 0 Å². The average molecular weight is 251 g/mol. The summed E-state index contributed by atoms with van der Waals surface area (Å²) in [6.45, 7) is 1.75. The first-order valence-electron chi connectivity index (χ1n) is 6.20. The first-order valence-corrected chi connectivity index (χ1v) is 6.20. The van der Waals surface area contributed by atoms with Crippen LogP contribution in [0.4, 0.5) is 0 Å². The molecular weight excluding hydrogens is 230 g/mol. The molecule has 1 aromatic rings. The van der Waals surface area contributed by atoms with Crippen molar-refractivity contribution < 1.29 is 15.0 Å². The third kappa shape index (κ3) is 4.13. The highest BCUT2D eigenvalue weighted by molar-refractivity contribution is 5.77. The lowest BCUT2D eigenvalue weighted by Gasteiger charge is -2.29. The molecule has 0 radical (unpaired) electrons. The maximum absolute atomic E-state index is 11.8. The van der Waals surface area contributed by atoms with Crippen molar-refractivity contribution in [3.8, 4) is 0 Å². The van der Waals surface area contributed by atoms with Gasteiger partial charge in [0.25, 0.3) is 0 Å². The molecular formula is C14H21NO3. The van der Waals surface area contributed by atoms with E-state index in [4.69, 9.17) is 5.11 Å². The fourth-order valence-corrected chi connectivity index (χ4v) is 1.78. The number of unbranched alkanes of at least 4 members (excludes halogenated alkanes) is 1. The van der Waals surface area contributed by atoms with E-state index in [1.807, 2.05) is 30.3 Å². The number of hydrogen-bond donors (Lipinski definition) is 3. The van der Waals surface area contributed by atoms with Crippen LogP contribution in [0.25, 0.3) is 0 Å². The zero-order chi connectivity index (χ0) is 13.4. The van der Waals surface area contributed by atoms with Crippen LogP contribution >= 0.6 is 0 Å². The van der Waals surface area contributed by atoms with Crippen molar-refractivity contribution in [1.29, 1.82) is 0 Å². The number of carbonyl (C=O) groups excluding carboxylic acids is 1. The van der Waals surface area contributed by atoms with Crippen LogP contribution in [0.15, 0.2) is 30.3 Å². The molecule has 0 aliphatic rings. The smallest absolute Gasteiger partial charge is 0.220 e. The van der Waals surface area contributed by atoms with Gasteiger partial charge in [-0.25, -0.2) is 0 Å². The van der Waals surface area contributed by atoms with E-state index >= 15 is 0 Å². The Morgan fingerprint density at radius 3 is 2.44 bits per heavy atom. The Hall–Kier alpha value is -1.39. The highest BCUT2D eigenvalue weighted by Gasteiger charge is 2.27. The third-order valence-electron chi connectivity index (χ3n) is 2.95. The Labute approximate surface area is 108 Å². The van der Waals surface area contributed by atoms with Gasteiger partial charge in [0.15, 0.2) is 0 Å². The minimum absolute atomic E-state index is 0.100. The predicted molar refractivity (Wildman–Crippen MR) is 70.0 cm³/mol.